The van der Waals surface area contributed by atoms with Gasteiger partial charge in [0.2, 0.25) is 0 Å². The lowest BCUT2D eigenvalue weighted by molar-refractivity contribution is 0.625. The van der Waals surface area contributed by atoms with Crippen molar-refractivity contribution in [2.45, 2.75) is 0 Å². The van der Waals surface area contributed by atoms with Crippen LogP contribution in [0.5, 0.6) is 0 Å². The molecule has 0 amide bonds. The molecule has 5 heteroatoms. The topological polar surface area (TPSA) is 45.8 Å². The standard InChI is InChI=1S/C10H7FN2OS/c1-2-6-7(4-3-5-8(6)11)9-12-13-10(14)15-9/h2-5H,1H2,(H,13,14). The van der Waals surface area contributed by atoms with E-state index in [1.165, 1.54) is 12.1 Å². The summed E-state index contributed by atoms with van der Waals surface area (Å²) in [6.07, 6.45) is 1.41. The van der Waals surface area contributed by atoms with Crippen LogP contribution < -0.4 is 4.87 Å². The summed E-state index contributed by atoms with van der Waals surface area (Å²) in [6.45, 7) is 3.53. The lowest BCUT2D eigenvalue weighted by atomic mass is 10.1. The van der Waals surface area contributed by atoms with E-state index in [2.05, 4.69) is 16.8 Å². The van der Waals surface area contributed by atoms with Crippen molar-refractivity contribution in [1.29, 1.82) is 0 Å². The van der Waals surface area contributed by atoms with Crippen molar-refractivity contribution in [1.82, 2.24) is 10.2 Å². The summed E-state index contributed by atoms with van der Waals surface area (Å²) in [4.78, 5) is 10.7. The number of aromatic nitrogens is 2. The Hall–Kier alpha value is -1.75. The third-order valence-corrected chi connectivity index (χ3v) is 2.71. The van der Waals surface area contributed by atoms with Crippen LogP contribution in [0, 0.1) is 5.82 Å². The lowest BCUT2D eigenvalue weighted by Crippen LogP contribution is -1.90. The van der Waals surface area contributed by atoms with E-state index in [0.29, 0.717) is 16.1 Å². The second-order valence-corrected chi connectivity index (χ2v) is 3.79. The Balaban J connectivity index is 2.67. The van der Waals surface area contributed by atoms with Gasteiger partial charge >= 0.3 is 4.87 Å². The second kappa shape index (κ2) is 3.78. The molecule has 1 heterocycles. The van der Waals surface area contributed by atoms with E-state index in [9.17, 15) is 9.18 Å². The van der Waals surface area contributed by atoms with Gasteiger partial charge in [0, 0.05) is 11.1 Å². The second-order valence-electron chi connectivity index (χ2n) is 2.82. The van der Waals surface area contributed by atoms with Gasteiger partial charge in [0.25, 0.3) is 0 Å². The van der Waals surface area contributed by atoms with Gasteiger partial charge in [-0.25, -0.2) is 9.49 Å². The van der Waals surface area contributed by atoms with Crippen LogP contribution >= 0.6 is 11.3 Å². The van der Waals surface area contributed by atoms with Crippen LogP contribution in [0.2, 0.25) is 0 Å². The Bertz CT molecular complexity index is 559. The molecule has 1 aromatic heterocycles. The van der Waals surface area contributed by atoms with Crippen molar-refractivity contribution in [3.63, 3.8) is 0 Å². The first-order valence-corrected chi connectivity index (χ1v) is 5.01. The van der Waals surface area contributed by atoms with Gasteiger partial charge in [0.1, 0.15) is 10.8 Å². The third-order valence-electron chi connectivity index (χ3n) is 1.93. The molecule has 0 radical (unpaired) electrons. The average molecular weight is 222 g/mol. The molecule has 3 nitrogen and oxygen atoms in total. The summed E-state index contributed by atoms with van der Waals surface area (Å²) in [5.74, 6) is -0.370. The molecule has 0 saturated heterocycles. The fourth-order valence-corrected chi connectivity index (χ4v) is 1.92. The Morgan fingerprint density at radius 1 is 1.53 bits per heavy atom. The largest absolute Gasteiger partial charge is 0.322 e. The van der Waals surface area contributed by atoms with E-state index in [-0.39, 0.29) is 10.7 Å². The molecule has 0 saturated carbocycles. The van der Waals surface area contributed by atoms with Crippen LogP contribution in [0.1, 0.15) is 5.56 Å². The van der Waals surface area contributed by atoms with Crippen molar-refractivity contribution in [3.8, 4) is 10.6 Å². The van der Waals surface area contributed by atoms with Crippen molar-refractivity contribution >= 4 is 17.4 Å². The van der Waals surface area contributed by atoms with Gasteiger partial charge < -0.3 is 0 Å². The molecule has 15 heavy (non-hydrogen) atoms. The Kier molecular flexibility index (Phi) is 2.47. The van der Waals surface area contributed by atoms with Crippen molar-refractivity contribution in [2.75, 3.05) is 0 Å². The highest BCUT2D eigenvalue weighted by Crippen LogP contribution is 2.25. The molecule has 0 spiro atoms. The molecule has 0 aliphatic carbocycles. The Morgan fingerprint density at radius 3 is 2.93 bits per heavy atom. The SMILES string of the molecule is C=Cc1c(F)cccc1-c1n[nH]c(=O)s1. The van der Waals surface area contributed by atoms with E-state index in [1.54, 1.807) is 12.1 Å². The normalized spacial score (nSPS) is 10.2. The number of nitrogens with one attached hydrogen (secondary N) is 1. The fourth-order valence-electron chi connectivity index (χ4n) is 1.28. The minimum atomic E-state index is -0.370. The Morgan fingerprint density at radius 2 is 2.33 bits per heavy atom. The maximum absolute atomic E-state index is 13.4. The zero-order valence-corrected chi connectivity index (χ0v) is 8.47. The molecule has 2 rings (SSSR count). The first kappa shape index (κ1) is 9.79. The predicted octanol–water partition coefficient (Wildman–Crippen LogP) is 2.28. The molecule has 76 valence electrons. The van der Waals surface area contributed by atoms with Crippen LogP contribution in [-0.4, -0.2) is 10.2 Å². The highest BCUT2D eigenvalue weighted by molar-refractivity contribution is 7.12. The number of benzene rings is 1. The molecule has 1 N–H and O–H groups in total. The quantitative estimate of drug-likeness (QED) is 0.847. The third kappa shape index (κ3) is 1.73. The molecule has 0 atom stereocenters. The number of hydrogen-bond donors (Lipinski definition) is 1. The number of halogens is 1. The zero-order valence-electron chi connectivity index (χ0n) is 7.66. The maximum atomic E-state index is 13.4. The average Bonchev–Trinajstić information content (AvgIpc) is 2.64. The lowest BCUT2D eigenvalue weighted by Gasteiger charge is -2.02. The highest BCUT2D eigenvalue weighted by atomic mass is 32.1. The van der Waals surface area contributed by atoms with Crippen LogP contribution in [0.3, 0.4) is 0 Å². The molecule has 0 bridgehead atoms. The van der Waals surface area contributed by atoms with Crippen molar-refractivity contribution in [3.05, 3.63) is 45.8 Å². The molecule has 0 fully saturated rings. The maximum Gasteiger partial charge on any atom is 0.322 e. The smallest absolute Gasteiger partial charge is 0.255 e. The first-order valence-electron chi connectivity index (χ1n) is 4.19. The van der Waals surface area contributed by atoms with E-state index >= 15 is 0 Å². The number of aromatic amines is 1. The van der Waals surface area contributed by atoms with Gasteiger partial charge in [-0.05, 0) is 6.07 Å². The number of hydrogen-bond acceptors (Lipinski definition) is 3. The van der Waals surface area contributed by atoms with Crippen molar-refractivity contribution in [2.24, 2.45) is 0 Å². The summed E-state index contributed by atoms with van der Waals surface area (Å²) >= 11 is 0.942. The van der Waals surface area contributed by atoms with Gasteiger partial charge in [-0.15, -0.1) is 0 Å². The van der Waals surface area contributed by atoms with Crippen LogP contribution in [0.15, 0.2) is 29.6 Å². The Labute approximate surface area is 88.9 Å². The molecular weight excluding hydrogens is 215 g/mol. The van der Waals surface area contributed by atoms with E-state index in [4.69, 9.17) is 0 Å². The van der Waals surface area contributed by atoms with Gasteiger partial charge in [-0.3, -0.25) is 4.79 Å². The van der Waals surface area contributed by atoms with E-state index < -0.39 is 0 Å². The predicted molar refractivity (Wildman–Crippen MR) is 58.2 cm³/mol. The molecule has 0 aliphatic rings. The van der Waals surface area contributed by atoms with Crippen LogP contribution in [-0.2, 0) is 0 Å². The van der Waals surface area contributed by atoms with Crippen molar-refractivity contribution < 1.29 is 4.39 Å². The monoisotopic (exact) mass is 222 g/mol. The minimum absolute atomic E-state index is 0.260. The van der Waals surface area contributed by atoms with Crippen LogP contribution in [0.4, 0.5) is 4.39 Å². The molecule has 0 aliphatic heterocycles. The summed E-state index contributed by atoms with van der Waals surface area (Å²) in [7, 11) is 0. The van der Waals surface area contributed by atoms with Gasteiger partial charge in [-0.1, -0.05) is 36.1 Å². The summed E-state index contributed by atoms with van der Waals surface area (Å²) in [5, 5.41) is 6.56. The molecule has 1 aromatic carbocycles. The molecule has 0 unspecified atom stereocenters. The minimum Gasteiger partial charge on any atom is -0.255 e. The number of H-pyrrole nitrogens is 1. The van der Waals surface area contributed by atoms with Gasteiger partial charge in [0.15, 0.2) is 0 Å². The van der Waals surface area contributed by atoms with Gasteiger partial charge in [-0.2, -0.15) is 5.10 Å². The summed E-state index contributed by atoms with van der Waals surface area (Å²) < 4.78 is 13.4. The fraction of sp³-hybridized carbons (Fsp3) is 0. The van der Waals surface area contributed by atoms with Crippen LogP contribution in [0.25, 0.3) is 16.6 Å². The summed E-state index contributed by atoms with van der Waals surface area (Å²) in [5.41, 5.74) is 0.939. The van der Waals surface area contributed by atoms with E-state index in [1.807, 2.05) is 0 Å². The number of nitrogens with zero attached hydrogens (tertiary/aromatic N) is 1. The highest BCUT2D eigenvalue weighted by Gasteiger charge is 2.10. The number of rotatable bonds is 2. The molecule has 2 aromatic rings. The first-order chi connectivity index (χ1) is 7.22. The summed E-state index contributed by atoms with van der Waals surface area (Å²) in [6, 6.07) is 4.62. The molecular formula is C10H7FN2OS. The van der Waals surface area contributed by atoms with Gasteiger partial charge in [0.05, 0.1) is 0 Å². The van der Waals surface area contributed by atoms with E-state index in [0.717, 1.165) is 11.3 Å². The zero-order chi connectivity index (χ0) is 10.8.